The molecule has 0 bridgehead atoms. The van der Waals surface area contributed by atoms with Crippen molar-refractivity contribution in [3.8, 4) is 5.69 Å². The Morgan fingerprint density at radius 3 is 2.44 bits per heavy atom. The third-order valence-corrected chi connectivity index (χ3v) is 2.36. The molecular weight excluding hydrogens is 232 g/mol. The number of nitro groups is 1. The van der Waals surface area contributed by atoms with Crippen molar-refractivity contribution in [1.29, 1.82) is 0 Å². The molecule has 16 heavy (non-hydrogen) atoms. The Morgan fingerprint density at radius 2 is 2.00 bits per heavy atom. The molecule has 0 unspecified atom stereocenters. The minimum atomic E-state index is -0.469. The van der Waals surface area contributed by atoms with Crippen LogP contribution >= 0.6 is 11.6 Å². The molecule has 0 amide bonds. The number of anilines is 1. The number of hydrogen-bond acceptors (Lipinski definition) is 4. The first-order valence-electron chi connectivity index (χ1n) is 4.33. The average molecular weight is 239 g/mol. The molecule has 0 radical (unpaired) electrons. The predicted octanol–water partition coefficient (Wildman–Crippen LogP) is 2.02. The van der Waals surface area contributed by atoms with Gasteiger partial charge in [-0.15, -0.1) is 0 Å². The number of halogens is 1. The van der Waals surface area contributed by atoms with Crippen molar-refractivity contribution in [2.24, 2.45) is 0 Å². The van der Waals surface area contributed by atoms with Crippen molar-refractivity contribution >= 4 is 23.1 Å². The zero-order valence-electron chi connectivity index (χ0n) is 8.00. The lowest BCUT2D eigenvalue weighted by atomic mass is 10.3. The molecule has 0 atom stereocenters. The van der Waals surface area contributed by atoms with Gasteiger partial charge in [0.05, 0.1) is 16.8 Å². The summed E-state index contributed by atoms with van der Waals surface area (Å²) in [5.41, 5.74) is 6.30. The van der Waals surface area contributed by atoms with Gasteiger partial charge in [-0.2, -0.15) is 5.10 Å². The highest BCUT2D eigenvalue weighted by molar-refractivity contribution is 6.32. The van der Waals surface area contributed by atoms with Crippen LogP contribution in [0, 0.1) is 10.1 Å². The molecular formula is C9H7ClN4O2. The largest absolute Gasteiger partial charge is 0.382 e. The summed E-state index contributed by atoms with van der Waals surface area (Å²) < 4.78 is 1.41. The van der Waals surface area contributed by atoms with Gasteiger partial charge in [-0.1, -0.05) is 11.6 Å². The minimum Gasteiger partial charge on any atom is -0.382 e. The second-order valence-electron chi connectivity index (χ2n) is 3.06. The summed E-state index contributed by atoms with van der Waals surface area (Å²) >= 11 is 5.74. The molecule has 7 heteroatoms. The number of non-ortho nitro benzene ring substituents is 1. The smallest absolute Gasteiger partial charge is 0.269 e. The van der Waals surface area contributed by atoms with Crippen LogP contribution in [0.2, 0.25) is 5.02 Å². The lowest BCUT2D eigenvalue weighted by Crippen LogP contribution is -2.01. The fourth-order valence-corrected chi connectivity index (χ4v) is 1.38. The van der Waals surface area contributed by atoms with E-state index in [2.05, 4.69) is 5.10 Å². The number of nitro benzene ring substituents is 1. The van der Waals surface area contributed by atoms with Gasteiger partial charge in [0, 0.05) is 12.1 Å². The third-order valence-electron chi connectivity index (χ3n) is 2.06. The Bertz CT molecular complexity index is 535. The van der Waals surface area contributed by atoms with E-state index in [1.165, 1.54) is 23.0 Å². The maximum atomic E-state index is 10.5. The van der Waals surface area contributed by atoms with Crippen LogP contribution in [-0.4, -0.2) is 14.7 Å². The van der Waals surface area contributed by atoms with E-state index in [1.807, 2.05) is 0 Å². The topological polar surface area (TPSA) is 87.0 Å². The van der Waals surface area contributed by atoms with Crippen LogP contribution in [0.3, 0.4) is 0 Å². The molecule has 1 aromatic carbocycles. The summed E-state index contributed by atoms with van der Waals surface area (Å²) in [6.07, 6.45) is 1.41. The first kappa shape index (κ1) is 10.4. The molecule has 0 spiro atoms. The van der Waals surface area contributed by atoms with Crippen molar-refractivity contribution < 1.29 is 4.92 Å². The van der Waals surface area contributed by atoms with Crippen LogP contribution in [0.15, 0.2) is 30.5 Å². The zero-order chi connectivity index (χ0) is 11.7. The Hall–Kier alpha value is -2.08. The molecule has 0 saturated carbocycles. The Morgan fingerprint density at radius 1 is 1.38 bits per heavy atom. The van der Waals surface area contributed by atoms with E-state index in [1.54, 1.807) is 12.1 Å². The fourth-order valence-electron chi connectivity index (χ4n) is 1.26. The normalized spacial score (nSPS) is 10.3. The molecule has 0 aliphatic rings. The van der Waals surface area contributed by atoms with Gasteiger partial charge >= 0.3 is 0 Å². The highest BCUT2D eigenvalue weighted by Gasteiger charge is 2.09. The van der Waals surface area contributed by atoms with Crippen molar-refractivity contribution in [2.75, 3.05) is 5.73 Å². The standard InChI is InChI=1S/C9H7ClN4O2/c10-8-5-12-13(9(8)11)6-1-3-7(4-2-6)14(15)16/h1-5H,11H2. The first-order chi connectivity index (χ1) is 7.59. The highest BCUT2D eigenvalue weighted by atomic mass is 35.5. The van der Waals surface area contributed by atoms with Crippen molar-refractivity contribution in [1.82, 2.24) is 9.78 Å². The second-order valence-corrected chi connectivity index (χ2v) is 3.47. The maximum absolute atomic E-state index is 10.5. The van der Waals surface area contributed by atoms with Crippen molar-refractivity contribution in [3.05, 3.63) is 45.6 Å². The number of rotatable bonds is 2. The summed E-state index contributed by atoms with van der Waals surface area (Å²) in [5.74, 6) is 0.301. The molecule has 0 saturated heterocycles. The van der Waals surface area contributed by atoms with Crippen LogP contribution in [0.4, 0.5) is 11.5 Å². The van der Waals surface area contributed by atoms with Gasteiger partial charge in [0.1, 0.15) is 10.8 Å². The molecule has 82 valence electrons. The van der Waals surface area contributed by atoms with Gasteiger partial charge in [-0.05, 0) is 12.1 Å². The van der Waals surface area contributed by atoms with Crippen LogP contribution in [-0.2, 0) is 0 Å². The molecule has 2 aromatic rings. The molecule has 0 aliphatic heterocycles. The van der Waals surface area contributed by atoms with Gasteiger partial charge < -0.3 is 5.73 Å². The van der Waals surface area contributed by atoms with Gasteiger partial charge in [0.25, 0.3) is 5.69 Å². The van der Waals surface area contributed by atoms with E-state index < -0.39 is 4.92 Å². The van der Waals surface area contributed by atoms with Crippen molar-refractivity contribution in [2.45, 2.75) is 0 Å². The number of nitrogens with two attached hydrogens (primary N) is 1. The lowest BCUT2D eigenvalue weighted by Gasteiger charge is -2.03. The minimum absolute atomic E-state index is 0.0144. The fraction of sp³-hybridized carbons (Fsp3) is 0. The molecule has 6 nitrogen and oxygen atoms in total. The number of hydrogen-bond donors (Lipinski definition) is 1. The molecule has 2 N–H and O–H groups in total. The number of nitrogens with zero attached hydrogens (tertiary/aromatic N) is 3. The number of aromatic nitrogens is 2. The maximum Gasteiger partial charge on any atom is 0.269 e. The van der Waals surface area contributed by atoms with E-state index in [4.69, 9.17) is 17.3 Å². The summed E-state index contributed by atoms with van der Waals surface area (Å²) in [7, 11) is 0. The Labute approximate surface area is 95.4 Å². The molecule has 0 aliphatic carbocycles. The van der Waals surface area contributed by atoms with Gasteiger partial charge in [-0.3, -0.25) is 10.1 Å². The lowest BCUT2D eigenvalue weighted by molar-refractivity contribution is -0.384. The third kappa shape index (κ3) is 1.70. The van der Waals surface area contributed by atoms with E-state index in [-0.39, 0.29) is 5.69 Å². The predicted molar refractivity (Wildman–Crippen MR) is 59.6 cm³/mol. The Kier molecular flexibility index (Phi) is 2.49. The van der Waals surface area contributed by atoms with Gasteiger partial charge in [-0.25, -0.2) is 4.68 Å². The van der Waals surface area contributed by atoms with Gasteiger partial charge in [0.2, 0.25) is 0 Å². The van der Waals surface area contributed by atoms with Gasteiger partial charge in [0.15, 0.2) is 0 Å². The van der Waals surface area contributed by atoms with Crippen LogP contribution in [0.1, 0.15) is 0 Å². The average Bonchev–Trinajstić information content (AvgIpc) is 2.60. The van der Waals surface area contributed by atoms with E-state index in [9.17, 15) is 10.1 Å². The molecule has 0 fully saturated rings. The van der Waals surface area contributed by atoms with E-state index in [0.717, 1.165) is 0 Å². The number of nitrogen functional groups attached to an aromatic ring is 1. The van der Waals surface area contributed by atoms with Crippen LogP contribution < -0.4 is 5.73 Å². The Balaban J connectivity index is 2.42. The quantitative estimate of drug-likeness (QED) is 0.640. The first-order valence-corrected chi connectivity index (χ1v) is 4.71. The molecule has 1 heterocycles. The SMILES string of the molecule is Nc1c(Cl)cnn1-c1ccc([N+](=O)[O-])cc1. The monoisotopic (exact) mass is 238 g/mol. The summed E-state index contributed by atoms with van der Waals surface area (Å²) in [6.45, 7) is 0. The van der Waals surface area contributed by atoms with Crippen molar-refractivity contribution in [3.63, 3.8) is 0 Å². The summed E-state index contributed by atoms with van der Waals surface area (Å²) in [5, 5.41) is 14.8. The number of benzene rings is 1. The summed E-state index contributed by atoms with van der Waals surface area (Å²) in [6, 6.07) is 5.87. The molecule has 1 aromatic heterocycles. The summed E-state index contributed by atoms with van der Waals surface area (Å²) in [4.78, 5) is 9.99. The van der Waals surface area contributed by atoms with Crippen LogP contribution in [0.25, 0.3) is 5.69 Å². The van der Waals surface area contributed by atoms with E-state index in [0.29, 0.717) is 16.5 Å². The highest BCUT2D eigenvalue weighted by Crippen LogP contribution is 2.22. The van der Waals surface area contributed by atoms with E-state index >= 15 is 0 Å². The van der Waals surface area contributed by atoms with Crippen LogP contribution in [0.5, 0.6) is 0 Å². The zero-order valence-corrected chi connectivity index (χ0v) is 8.76. The second kappa shape index (κ2) is 3.82. The molecule has 2 rings (SSSR count).